The molecular weight excluding hydrogens is 253 g/mol. The van der Waals surface area contributed by atoms with Gasteiger partial charge in [0.2, 0.25) is 0 Å². The summed E-state index contributed by atoms with van der Waals surface area (Å²) in [4.78, 5) is 1.64. The lowest BCUT2D eigenvalue weighted by Crippen LogP contribution is -2.42. The van der Waals surface area contributed by atoms with Gasteiger partial charge >= 0.3 is 6.18 Å². The van der Waals surface area contributed by atoms with Crippen molar-refractivity contribution in [1.29, 1.82) is 0 Å². The SMILES string of the molecule is CC(CCCNC(C)(C)C)N(CC(F)(F)F)C1CC1. The minimum atomic E-state index is -4.08. The first kappa shape index (κ1) is 16.8. The van der Waals surface area contributed by atoms with Gasteiger partial charge < -0.3 is 5.32 Å². The summed E-state index contributed by atoms with van der Waals surface area (Å²) in [5.74, 6) is 0. The van der Waals surface area contributed by atoms with Crippen LogP contribution in [0.5, 0.6) is 0 Å². The number of hydrogen-bond donors (Lipinski definition) is 1. The number of hydrogen-bond acceptors (Lipinski definition) is 2. The Morgan fingerprint density at radius 2 is 1.79 bits per heavy atom. The molecular formula is C14H27F3N2. The molecule has 1 unspecified atom stereocenters. The second kappa shape index (κ2) is 6.44. The van der Waals surface area contributed by atoms with Gasteiger partial charge in [-0.15, -0.1) is 0 Å². The Morgan fingerprint density at radius 1 is 1.21 bits per heavy atom. The minimum absolute atomic E-state index is 0.0101. The lowest BCUT2D eigenvalue weighted by atomic mass is 10.1. The van der Waals surface area contributed by atoms with E-state index in [2.05, 4.69) is 26.1 Å². The van der Waals surface area contributed by atoms with Gasteiger partial charge in [-0.2, -0.15) is 13.2 Å². The van der Waals surface area contributed by atoms with Crippen LogP contribution < -0.4 is 5.32 Å². The van der Waals surface area contributed by atoms with Crippen LogP contribution in [0.25, 0.3) is 0 Å². The smallest absolute Gasteiger partial charge is 0.312 e. The summed E-state index contributed by atoms with van der Waals surface area (Å²) in [5, 5.41) is 3.37. The van der Waals surface area contributed by atoms with E-state index in [1.54, 1.807) is 4.90 Å². The maximum absolute atomic E-state index is 12.5. The zero-order valence-electron chi connectivity index (χ0n) is 12.5. The van der Waals surface area contributed by atoms with E-state index in [1.807, 2.05) is 6.92 Å². The third-order valence-electron chi connectivity index (χ3n) is 3.40. The molecule has 0 aromatic rings. The molecule has 0 bridgehead atoms. The highest BCUT2D eigenvalue weighted by atomic mass is 19.4. The quantitative estimate of drug-likeness (QED) is 0.717. The van der Waals surface area contributed by atoms with Crippen molar-refractivity contribution in [3.63, 3.8) is 0 Å². The van der Waals surface area contributed by atoms with Crippen molar-refractivity contribution in [2.24, 2.45) is 0 Å². The van der Waals surface area contributed by atoms with E-state index in [-0.39, 0.29) is 17.6 Å². The van der Waals surface area contributed by atoms with Gasteiger partial charge in [-0.1, -0.05) is 0 Å². The number of halogens is 3. The molecule has 0 saturated heterocycles. The van der Waals surface area contributed by atoms with Gasteiger partial charge in [0.25, 0.3) is 0 Å². The van der Waals surface area contributed by atoms with Crippen molar-refractivity contribution in [1.82, 2.24) is 10.2 Å². The van der Waals surface area contributed by atoms with E-state index >= 15 is 0 Å². The molecule has 0 amide bonds. The van der Waals surface area contributed by atoms with Gasteiger partial charge in [0.05, 0.1) is 6.54 Å². The zero-order valence-corrected chi connectivity index (χ0v) is 12.5. The third kappa shape index (κ3) is 7.78. The molecule has 19 heavy (non-hydrogen) atoms. The molecule has 1 N–H and O–H groups in total. The minimum Gasteiger partial charge on any atom is -0.312 e. The molecule has 0 spiro atoms. The molecule has 5 heteroatoms. The lowest BCUT2D eigenvalue weighted by molar-refractivity contribution is -0.152. The molecule has 0 aromatic carbocycles. The van der Waals surface area contributed by atoms with Crippen LogP contribution in [0.2, 0.25) is 0 Å². The first-order valence-electron chi connectivity index (χ1n) is 7.16. The zero-order chi connectivity index (χ0) is 14.7. The predicted molar refractivity (Wildman–Crippen MR) is 72.2 cm³/mol. The Morgan fingerprint density at radius 3 is 2.21 bits per heavy atom. The van der Waals surface area contributed by atoms with Gasteiger partial charge in [0, 0.05) is 17.6 Å². The normalized spacial score (nSPS) is 18.9. The molecule has 1 fully saturated rings. The van der Waals surface area contributed by atoms with Crippen LogP contribution in [0.3, 0.4) is 0 Å². The summed E-state index contributed by atoms with van der Waals surface area (Å²) in [6, 6.07) is 0.170. The maximum Gasteiger partial charge on any atom is 0.401 e. The molecule has 1 aliphatic carbocycles. The van der Waals surface area contributed by atoms with Crippen LogP contribution in [0.15, 0.2) is 0 Å². The summed E-state index contributed by atoms with van der Waals surface area (Å²) in [6.07, 6.45) is -0.517. The van der Waals surface area contributed by atoms with Gasteiger partial charge in [-0.25, -0.2) is 0 Å². The Hall–Kier alpha value is -0.290. The first-order chi connectivity index (χ1) is 8.58. The fraction of sp³-hybridized carbons (Fsp3) is 1.00. The van der Waals surface area contributed by atoms with Crippen molar-refractivity contribution in [3.8, 4) is 0 Å². The second-order valence-electron chi connectivity index (χ2n) is 6.69. The van der Waals surface area contributed by atoms with Gasteiger partial charge in [-0.05, 0) is 59.9 Å². The van der Waals surface area contributed by atoms with Crippen molar-refractivity contribution in [2.45, 2.75) is 77.2 Å². The fourth-order valence-electron chi connectivity index (χ4n) is 2.28. The molecule has 114 valence electrons. The highest BCUT2D eigenvalue weighted by Gasteiger charge is 2.39. The van der Waals surface area contributed by atoms with Gasteiger partial charge in [-0.3, -0.25) is 4.90 Å². The average molecular weight is 280 g/mol. The lowest BCUT2D eigenvalue weighted by Gasteiger charge is -2.30. The maximum atomic E-state index is 12.5. The largest absolute Gasteiger partial charge is 0.401 e. The monoisotopic (exact) mass is 280 g/mol. The standard InChI is InChI=1S/C14H27F3N2/c1-11(6-5-9-18-13(2,3)4)19(12-7-8-12)10-14(15,16)17/h11-12,18H,5-10H2,1-4H3. The molecule has 0 aliphatic heterocycles. The Bertz CT molecular complexity index is 267. The van der Waals surface area contributed by atoms with E-state index in [4.69, 9.17) is 0 Å². The fourth-order valence-corrected chi connectivity index (χ4v) is 2.28. The second-order valence-corrected chi connectivity index (χ2v) is 6.69. The topological polar surface area (TPSA) is 15.3 Å². The summed E-state index contributed by atoms with van der Waals surface area (Å²) in [7, 11) is 0. The number of rotatable bonds is 7. The molecule has 1 aliphatic rings. The first-order valence-corrected chi connectivity index (χ1v) is 7.16. The van der Waals surface area contributed by atoms with Crippen LogP contribution in [0.4, 0.5) is 13.2 Å². The Balaban J connectivity index is 2.30. The number of alkyl halides is 3. The molecule has 0 radical (unpaired) electrons. The van der Waals surface area contributed by atoms with Crippen LogP contribution >= 0.6 is 0 Å². The van der Waals surface area contributed by atoms with Crippen LogP contribution in [0.1, 0.15) is 53.4 Å². The third-order valence-corrected chi connectivity index (χ3v) is 3.40. The van der Waals surface area contributed by atoms with Crippen LogP contribution in [0, 0.1) is 0 Å². The Labute approximate surface area is 114 Å². The van der Waals surface area contributed by atoms with Gasteiger partial charge in [0.15, 0.2) is 0 Å². The molecule has 1 rings (SSSR count). The van der Waals surface area contributed by atoms with Crippen molar-refractivity contribution >= 4 is 0 Å². The summed E-state index contributed by atoms with van der Waals surface area (Å²) in [5.41, 5.74) is 0.0748. The molecule has 1 saturated carbocycles. The highest BCUT2D eigenvalue weighted by molar-refractivity contribution is 4.88. The average Bonchev–Trinajstić information content (AvgIpc) is 3.01. The summed E-state index contributed by atoms with van der Waals surface area (Å²) >= 11 is 0. The van der Waals surface area contributed by atoms with E-state index in [0.717, 1.165) is 32.2 Å². The number of nitrogens with zero attached hydrogens (tertiary/aromatic N) is 1. The van der Waals surface area contributed by atoms with Crippen molar-refractivity contribution in [3.05, 3.63) is 0 Å². The van der Waals surface area contributed by atoms with Crippen molar-refractivity contribution in [2.75, 3.05) is 13.1 Å². The molecule has 0 aromatic heterocycles. The van der Waals surface area contributed by atoms with Crippen LogP contribution in [-0.4, -0.2) is 41.8 Å². The summed E-state index contributed by atoms with van der Waals surface area (Å²) < 4.78 is 37.6. The van der Waals surface area contributed by atoms with Crippen molar-refractivity contribution < 1.29 is 13.2 Å². The highest BCUT2D eigenvalue weighted by Crippen LogP contribution is 2.32. The van der Waals surface area contributed by atoms with E-state index < -0.39 is 12.7 Å². The van der Waals surface area contributed by atoms with E-state index in [1.165, 1.54) is 0 Å². The molecule has 0 heterocycles. The predicted octanol–water partition coefficient (Wildman–Crippen LogP) is 3.57. The van der Waals surface area contributed by atoms with Crippen LogP contribution in [-0.2, 0) is 0 Å². The van der Waals surface area contributed by atoms with E-state index in [9.17, 15) is 13.2 Å². The molecule has 2 nitrogen and oxygen atoms in total. The summed E-state index contributed by atoms with van der Waals surface area (Å²) in [6.45, 7) is 8.30. The van der Waals surface area contributed by atoms with E-state index in [0.29, 0.717) is 0 Å². The van der Waals surface area contributed by atoms with Gasteiger partial charge in [0.1, 0.15) is 0 Å². The number of nitrogens with one attached hydrogen (secondary N) is 1. The molecule has 1 atom stereocenters. The Kier molecular flexibility index (Phi) is 5.68.